The molecule has 0 saturated carbocycles. The lowest BCUT2D eigenvalue weighted by Gasteiger charge is -2.18. The molecular formula is C37H58O4. The summed E-state index contributed by atoms with van der Waals surface area (Å²) in [6, 6.07) is 13.9. The Balaban J connectivity index is 1.42. The second-order valence-electron chi connectivity index (χ2n) is 11.9. The van der Waals surface area contributed by atoms with Gasteiger partial charge in [-0.3, -0.25) is 4.79 Å². The van der Waals surface area contributed by atoms with E-state index < -0.39 is 0 Å². The van der Waals surface area contributed by atoms with Crippen molar-refractivity contribution in [1.82, 2.24) is 0 Å². The summed E-state index contributed by atoms with van der Waals surface area (Å²) in [5.74, 6) is -0.00620. The number of ether oxygens (including phenoxy) is 1. The first-order valence-corrected chi connectivity index (χ1v) is 16.8. The molecule has 4 nitrogen and oxygen atoms in total. The summed E-state index contributed by atoms with van der Waals surface area (Å²) < 4.78 is 5.56. The first-order valence-electron chi connectivity index (χ1n) is 16.8. The molecule has 0 saturated heterocycles. The van der Waals surface area contributed by atoms with E-state index in [1.54, 1.807) is 24.3 Å². The van der Waals surface area contributed by atoms with E-state index in [2.05, 4.69) is 6.92 Å². The van der Waals surface area contributed by atoms with Gasteiger partial charge in [0.15, 0.2) is 0 Å². The van der Waals surface area contributed by atoms with Crippen LogP contribution < -0.4 is 0 Å². The molecule has 2 N–H and O–H groups in total. The Kier molecular flexibility index (Phi) is 19.6. The van der Waals surface area contributed by atoms with E-state index in [1.807, 2.05) is 24.3 Å². The van der Waals surface area contributed by atoms with Gasteiger partial charge in [0.25, 0.3) is 0 Å². The average Bonchev–Trinajstić information content (AvgIpc) is 2.98. The molecule has 0 atom stereocenters. The van der Waals surface area contributed by atoms with Crippen LogP contribution in [0.2, 0.25) is 0 Å². The minimum absolute atomic E-state index is 0.182. The maximum absolute atomic E-state index is 12.6. The number of aromatic hydroxyl groups is 2. The van der Waals surface area contributed by atoms with Crippen LogP contribution in [0.1, 0.15) is 159 Å². The molecule has 4 heteroatoms. The number of carbonyl (C=O) groups excluding carboxylic acids is 1. The molecule has 0 unspecified atom stereocenters. The smallest absolute Gasteiger partial charge is 0.306 e. The highest BCUT2D eigenvalue weighted by molar-refractivity contribution is 5.71. The number of phenols is 2. The normalized spacial score (nSPS) is 11.3. The second kappa shape index (κ2) is 23.1. The summed E-state index contributed by atoms with van der Waals surface area (Å²) in [7, 11) is 0. The van der Waals surface area contributed by atoms with E-state index in [1.165, 1.54) is 116 Å². The number of phenolic OH excluding ortho intramolecular Hbond substituents is 2. The predicted octanol–water partition coefficient (Wildman–Crippen LogP) is 11.0. The SMILES string of the molecule is CCCCCCCCCCCCCCCCCCCCCCOC(=O)CC(c1ccc(O)cc1)c1ccc(O)cc1. The molecule has 41 heavy (non-hydrogen) atoms. The van der Waals surface area contributed by atoms with Gasteiger partial charge in [-0.2, -0.15) is 0 Å². The van der Waals surface area contributed by atoms with Crippen LogP contribution in [-0.4, -0.2) is 22.8 Å². The molecule has 0 heterocycles. The van der Waals surface area contributed by atoms with Crippen molar-refractivity contribution in [1.29, 1.82) is 0 Å². The number of rotatable bonds is 25. The van der Waals surface area contributed by atoms with Crippen molar-refractivity contribution in [3.63, 3.8) is 0 Å². The first-order chi connectivity index (χ1) is 20.1. The summed E-state index contributed by atoms with van der Waals surface area (Å²) in [5.41, 5.74) is 1.87. The van der Waals surface area contributed by atoms with E-state index in [9.17, 15) is 15.0 Å². The lowest BCUT2D eigenvalue weighted by Crippen LogP contribution is -2.12. The van der Waals surface area contributed by atoms with E-state index in [4.69, 9.17) is 4.74 Å². The van der Waals surface area contributed by atoms with Gasteiger partial charge in [-0.05, 0) is 41.8 Å². The summed E-state index contributed by atoms with van der Waals surface area (Å²) in [5, 5.41) is 19.3. The molecule has 0 amide bonds. The van der Waals surface area contributed by atoms with Crippen molar-refractivity contribution in [3.8, 4) is 11.5 Å². The van der Waals surface area contributed by atoms with Crippen LogP contribution in [0.25, 0.3) is 0 Å². The monoisotopic (exact) mass is 566 g/mol. The fraction of sp³-hybridized carbons (Fsp3) is 0.649. The van der Waals surface area contributed by atoms with Crippen LogP contribution in [0.3, 0.4) is 0 Å². The Hall–Kier alpha value is -2.49. The quantitative estimate of drug-likeness (QED) is 0.0926. The Labute approximate surface area is 250 Å². The zero-order valence-electron chi connectivity index (χ0n) is 26.0. The fourth-order valence-corrected chi connectivity index (χ4v) is 5.61. The molecule has 0 fully saturated rings. The van der Waals surface area contributed by atoms with Crippen LogP contribution in [0.5, 0.6) is 11.5 Å². The second-order valence-corrected chi connectivity index (χ2v) is 11.9. The minimum atomic E-state index is -0.214. The summed E-state index contributed by atoms with van der Waals surface area (Å²) in [6.45, 7) is 2.75. The van der Waals surface area contributed by atoms with Gasteiger partial charge in [-0.1, -0.05) is 153 Å². The van der Waals surface area contributed by atoms with E-state index in [0.29, 0.717) is 6.61 Å². The third-order valence-corrected chi connectivity index (χ3v) is 8.22. The topological polar surface area (TPSA) is 66.8 Å². The maximum Gasteiger partial charge on any atom is 0.306 e. The number of unbranched alkanes of at least 4 members (excludes halogenated alkanes) is 19. The summed E-state index contributed by atoms with van der Waals surface area (Å²) in [4.78, 5) is 12.6. The van der Waals surface area contributed by atoms with Crippen molar-refractivity contribution >= 4 is 5.97 Å². The van der Waals surface area contributed by atoms with Gasteiger partial charge in [-0.25, -0.2) is 0 Å². The molecular weight excluding hydrogens is 508 g/mol. The van der Waals surface area contributed by atoms with Crippen LogP contribution in [0.4, 0.5) is 0 Å². The lowest BCUT2D eigenvalue weighted by molar-refractivity contribution is -0.144. The summed E-state index contributed by atoms with van der Waals surface area (Å²) >= 11 is 0. The molecule has 0 radical (unpaired) electrons. The first kappa shape index (κ1) is 34.7. The molecule has 0 bridgehead atoms. The molecule has 2 aromatic rings. The molecule has 2 aromatic carbocycles. The molecule has 0 aromatic heterocycles. The van der Waals surface area contributed by atoms with Crippen molar-refractivity contribution in [2.75, 3.05) is 6.61 Å². The number of esters is 1. The fourth-order valence-electron chi connectivity index (χ4n) is 5.61. The molecule has 0 aliphatic heterocycles. The number of benzene rings is 2. The zero-order chi connectivity index (χ0) is 29.4. The highest BCUT2D eigenvalue weighted by Gasteiger charge is 2.19. The zero-order valence-corrected chi connectivity index (χ0v) is 26.0. The molecule has 230 valence electrons. The average molecular weight is 567 g/mol. The van der Waals surface area contributed by atoms with Crippen molar-refractivity contribution < 1.29 is 19.7 Å². The van der Waals surface area contributed by atoms with Crippen molar-refractivity contribution in [2.45, 2.75) is 148 Å². The number of hydrogen-bond donors (Lipinski definition) is 2. The van der Waals surface area contributed by atoms with Gasteiger partial charge in [0, 0.05) is 5.92 Å². The van der Waals surface area contributed by atoms with Gasteiger partial charge in [0.1, 0.15) is 11.5 Å². The van der Waals surface area contributed by atoms with Crippen LogP contribution in [0, 0.1) is 0 Å². The molecule has 0 aliphatic rings. The van der Waals surface area contributed by atoms with Crippen molar-refractivity contribution in [3.05, 3.63) is 59.7 Å². The highest BCUT2D eigenvalue weighted by atomic mass is 16.5. The van der Waals surface area contributed by atoms with Gasteiger partial charge in [0.05, 0.1) is 13.0 Å². The maximum atomic E-state index is 12.6. The van der Waals surface area contributed by atoms with Gasteiger partial charge in [0.2, 0.25) is 0 Å². The third kappa shape index (κ3) is 17.2. The number of hydrogen-bond acceptors (Lipinski definition) is 4. The van der Waals surface area contributed by atoms with Crippen molar-refractivity contribution in [2.24, 2.45) is 0 Å². The van der Waals surface area contributed by atoms with E-state index >= 15 is 0 Å². The molecule has 0 spiro atoms. The van der Waals surface area contributed by atoms with E-state index in [0.717, 1.165) is 24.0 Å². The minimum Gasteiger partial charge on any atom is -0.508 e. The van der Waals surface area contributed by atoms with Gasteiger partial charge < -0.3 is 14.9 Å². The standard InChI is InChI=1S/C37H58O4/c1-2-3-4-5-6-7-8-9-10-11-12-13-14-15-16-17-18-19-20-21-30-41-37(40)31-36(32-22-26-34(38)27-23-32)33-24-28-35(39)29-25-33/h22-29,36,38-39H,2-21,30-31H2,1H3. The van der Waals surface area contributed by atoms with Crippen LogP contribution in [0.15, 0.2) is 48.5 Å². The Bertz CT molecular complexity index is 845. The Morgan fingerprint density at radius 1 is 0.537 bits per heavy atom. The largest absolute Gasteiger partial charge is 0.508 e. The van der Waals surface area contributed by atoms with Crippen LogP contribution in [-0.2, 0) is 9.53 Å². The Morgan fingerprint density at radius 3 is 1.20 bits per heavy atom. The highest BCUT2D eigenvalue weighted by Crippen LogP contribution is 2.30. The molecule has 2 rings (SSSR count). The number of carbonyl (C=O) groups is 1. The van der Waals surface area contributed by atoms with Gasteiger partial charge >= 0.3 is 5.97 Å². The van der Waals surface area contributed by atoms with Crippen LogP contribution >= 0.6 is 0 Å². The van der Waals surface area contributed by atoms with Gasteiger partial charge in [-0.15, -0.1) is 0 Å². The summed E-state index contributed by atoms with van der Waals surface area (Å²) in [6.07, 6.45) is 27.2. The third-order valence-electron chi connectivity index (χ3n) is 8.22. The molecule has 0 aliphatic carbocycles. The predicted molar refractivity (Wildman–Crippen MR) is 172 cm³/mol. The lowest BCUT2D eigenvalue weighted by atomic mass is 9.88. The van der Waals surface area contributed by atoms with E-state index in [-0.39, 0.29) is 29.8 Å². The Morgan fingerprint density at radius 2 is 0.854 bits per heavy atom.